The molecule has 0 spiro atoms. The lowest BCUT2D eigenvalue weighted by atomic mass is 10.2. The number of hydrogen-bond acceptors (Lipinski definition) is 7. The number of aliphatic hydroxyl groups excluding tert-OH is 1. The van der Waals surface area contributed by atoms with E-state index in [4.69, 9.17) is 25.5 Å². The molecule has 0 aliphatic heterocycles. The van der Waals surface area contributed by atoms with Crippen molar-refractivity contribution in [1.29, 1.82) is 0 Å². The highest BCUT2D eigenvalue weighted by Gasteiger charge is 2.12. The van der Waals surface area contributed by atoms with Crippen LogP contribution in [0.1, 0.15) is 0 Å². The van der Waals surface area contributed by atoms with Crippen LogP contribution in [0.25, 0.3) is 11.2 Å². The van der Waals surface area contributed by atoms with Crippen LogP contribution in [-0.2, 0) is 4.57 Å². The summed E-state index contributed by atoms with van der Waals surface area (Å²) in [6, 6.07) is 0. The van der Waals surface area contributed by atoms with E-state index in [1.807, 2.05) is 0 Å². The molecule has 11 heteroatoms. The maximum Gasteiger partial charge on any atom is 0.348 e. The topological polar surface area (TPSA) is 157 Å². The standard InChI is InChI=1S/C10H14N5O5P/c11-9-8-10(13-5-12-9)15(6-14-8)20-4-7(3-16)1-2-21(17,18)19/h1-2,5-7,16H,3-4H2,(H2,11,12,13)(H2,17,18,19). The summed E-state index contributed by atoms with van der Waals surface area (Å²) in [4.78, 5) is 34.6. The summed E-state index contributed by atoms with van der Waals surface area (Å²) >= 11 is 0. The van der Waals surface area contributed by atoms with E-state index in [1.54, 1.807) is 0 Å². The van der Waals surface area contributed by atoms with Gasteiger partial charge in [-0.15, -0.1) is 0 Å². The van der Waals surface area contributed by atoms with Gasteiger partial charge in [-0.2, -0.15) is 4.73 Å². The molecule has 2 aromatic heterocycles. The molecule has 0 aliphatic rings. The lowest BCUT2D eigenvalue weighted by molar-refractivity contribution is 0.0789. The molecule has 0 saturated carbocycles. The molecule has 2 rings (SSSR count). The molecule has 0 radical (unpaired) electrons. The van der Waals surface area contributed by atoms with Gasteiger partial charge in [-0.05, 0) is 0 Å². The van der Waals surface area contributed by atoms with Crippen LogP contribution in [0.5, 0.6) is 0 Å². The van der Waals surface area contributed by atoms with E-state index < -0.39 is 13.5 Å². The summed E-state index contributed by atoms with van der Waals surface area (Å²) in [7, 11) is -4.27. The van der Waals surface area contributed by atoms with Gasteiger partial charge in [-0.1, -0.05) is 6.08 Å². The molecule has 10 nitrogen and oxygen atoms in total. The van der Waals surface area contributed by atoms with Gasteiger partial charge >= 0.3 is 7.60 Å². The fourth-order valence-electron chi connectivity index (χ4n) is 1.51. The van der Waals surface area contributed by atoms with Crippen LogP contribution in [0.15, 0.2) is 24.5 Å². The van der Waals surface area contributed by atoms with Crippen LogP contribution in [0, 0.1) is 5.92 Å². The lowest BCUT2D eigenvalue weighted by Gasteiger charge is -2.11. The Morgan fingerprint density at radius 1 is 1.43 bits per heavy atom. The summed E-state index contributed by atoms with van der Waals surface area (Å²) in [5, 5.41) is 9.15. The third-order valence-corrected chi connectivity index (χ3v) is 3.11. The first-order chi connectivity index (χ1) is 9.90. The van der Waals surface area contributed by atoms with E-state index in [1.165, 1.54) is 23.5 Å². The normalized spacial score (nSPS) is 13.9. The molecule has 0 aliphatic carbocycles. The summed E-state index contributed by atoms with van der Waals surface area (Å²) in [6.07, 6.45) is 3.80. The number of anilines is 1. The average Bonchev–Trinajstić information content (AvgIpc) is 2.83. The Bertz CT molecular complexity index is 696. The van der Waals surface area contributed by atoms with Gasteiger partial charge in [0, 0.05) is 11.7 Å². The molecular formula is C10H14N5O5P. The van der Waals surface area contributed by atoms with Crippen molar-refractivity contribution in [3.8, 4) is 0 Å². The number of nitrogens with zero attached hydrogens (tertiary/aromatic N) is 4. The summed E-state index contributed by atoms with van der Waals surface area (Å²) in [6.45, 7) is -0.359. The zero-order chi connectivity index (χ0) is 15.5. The molecule has 0 bridgehead atoms. The third kappa shape index (κ3) is 3.99. The maximum absolute atomic E-state index is 10.7. The van der Waals surface area contributed by atoms with Crippen molar-refractivity contribution in [1.82, 2.24) is 19.7 Å². The smallest absolute Gasteiger partial charge is 0.348 e. The van der Waals surface area contributed by atoms with E-state index in [0.717, 1.165) is 5.82 Å². The van der Waals surface area contributed by atoms with Gasteiger partial charge in [0.05, 0.1) is 6.61 Å². The number of hydrogen-bond donors (Lipinski definition) is 4. The molecule has 5 N–H and O–H groups in total. The van der Waals surface area contributed by atoms with Gasteiger partial charge in [0.1, 0.15) is 19.3 Å². The van der Waals surface area contributed by atoms with Crippen molar-refractivity contribution in [2.75, 3.05) is 18.9 Å². The predicted molar refractivity (Wildman–Crippen MR) is 72.9 cm³/mol. The number of rotatable bonds is 6. The minimum Gasteiger partial charge on any atom is -0.410 e. The fourth-order valence-corrected chi connectivity index (χ4v) is 1.97. The first kappa shape index (κ1) is 15.4. The number of fused-ring (bicyclic) bond motifs is 1. The zero-order valence-electron chi connectivity index (χ0n) is 10.8. The van der Waals surface area contributed by atoms with Crippen molar-refractivity contribution >= 4 is 24.6 Å². The molecule has 21 heavy (non-hydrogen) atoms. The first-order valence-electron chi connectivity index (χ1n) is 5.83. The Morgan fingerprint density at radius 2 is 2.19 bits per heavy atom. The van der Waals surface area contributed by atoms with Gasteiger partial charge in [-0.25, -0.2) is 15.0 Å². The second-order valence-electron chi connectivity index (χ2n) is 4.17. The van der Waals surface area contributed by atoms with Crippen LogP contribution < -0.4 is 10.6 Å². The predicted octanol–water partition coefficient (Wildman–Crippen LogP) is -0.863. The molecule has 114 valence electrons. The molecule has 0 amide bonds. The van der Waals surface area contributed by atoms with Crippen LogP contribution in [0.4, 0.5) is 5.82 Å². The molecular weight excluding hydrogens is 301 g/mol. The molecule has 1 unspecified atom stereocenters. The Balaban J connectivity index is 2.08. The highest BCUT2D eigenvalue weighted by Crippen LogP contribution is 2.36. The fraction of sp³-hybridized carbons (Fsp3) is 0.300. The van der Waals surface area contributed by atoms with Gasteiger partial charge in [-0.3, -0.25) is 4.57 Å². The Labute approximate surface area is 119 Å². The highest BCUT2D eigenvalue weighted by atomic mass is 31.2. The second kappa shape index (κ2) is 6.19. The largest absolute Gasteiger partial charge is 0.410 e. The molecule has 2 aromatic rings. The maximum atomic E-state index is 10.7. The minimum absolute atomic E-state index is 0.0254. The van der Waals surface area contributed by atoms with E-state index in [0.29, 0.717) is 11.2 Å². The van der Waals surface area contributed by atoms with Crippen LogP contribution in [-0.4, -0.2) is 47.8 Å². The highest BCUT2D eigenvalue weighted by molar-refractivity contribution is 7.55. The van der Waals surface area contributed by atoms with Crippen molar-refractivity contribution in [2.45, 2.75) is 0 Å². The van der Waals surface area contributed by atoms with Gasteiger partial charge in [0.15, 0.2) is 11.3 Å². The minimum atomic E-state index is -4.27. The van der Waals surface area contributed by atoms with E-state index in [9.17, 15) is 4.57 Å². The van der Waals surface area contributed by atoms with Crippen molar-refractivity contribution in [2.24, 2.45) is 5.92 Å². The molecule has 0 fully saturated rings. The first-order valence-corrected chi connectivity index (χ1v) is 7.51. The van der Waals surface area contributed by atoms with Crippen molar-refractivity contribution < 1.29 is 24.3 Å². The summed E-state index contributed by atoms with van der Waals surface area (Å²) in [5.74, 6) is 0.348. The molecule has 0 aromatic carbocycles. The molecule has 0 saturated heterocycles. The van der Waals surface area contributed by atoms with Crippen LogP contribution >= 0.6 is 7.60 Å². The SMILES string of the molecule is Nc1ncnc2c1ncn2OCC(C=CP(=O)(O)O)CO. The van der Waals surface area contributed by atoms with Crippen molar-refractivity contribution in [3.05, 3.63) is 24.5 Å². The number of aliphatic hydroxyl groups is 1. The molecule has 1 atom stereocenters. The van der Waals surface area contributed by atoms with Crippen LogP contribution in [0.3, 0.4) is 0 Å². The Morgan fingerprint density at radius 3 is 2.86 bits per heavy atom. The lowest BCUT2D eigenvalue weighted by Crippen LogP contribution is -2.21. The van der Waals surface area contributed by atoms with Gasteiger partial charge < -0.3 is 25.5 Å². The number of nitrogens with two attached hydrogens (primary N) is 1. The second-order valence-corrected chi connectivity index (χ2v) is 5.65. The monoisotopic (exact) mass is 315 g/mol. The Hall–Kier alpha value is -2.00. The average molecular weight is 315 g/mol. The number of imidazole rings is 1. The number of nitrogen functional groups attached to an aromatic ring is 1. The van der Waals surface area contributed by atoms with Crippen LogP contribution in [0.2, 0.25) is 0 Å². The van der Waals surface area contributed by atoms with E-state index >= 15 is 0 Å². The Kier molecular flexibility index (Phi) is 4.53. The van der Waals surface area contributed by atoms with Gasteiger partial charge in [0.2, 0.25) is 5.65 Å². The van der Waals surface area contributed by atoms with Crippen molar-refractivity contribution in [3.63, 3.8) is 0 Å². The third-order valence-electron chi connectivity index (χ3n) is 2.55. The number of aromatic nitrogens is 4. The van der Waals surface area contributed by atoms with Gasteiger partial charge in [0.25, 0.3) is 0 Å². The van der Waals surface area contributed by atoms with E-state index in [-0.39, 0.29) is 19.0 Å². The van der Waals surface area contributed by atoms with E-state index in [2.05, 4.69) is 15.0 Å². The molecule has 2 heterocycles. The quantitative estimate of drug-likeness (QED) is 0.498. The summed E-state index contributed by atoms with van der Waals surface area (Å²) < 4.78 is 12.0. The zero-order valence-corrected chi connectivity index (χ0v) is 11.7. The summed E-state index contributed by atoms with van der Waals surface area (Å²) in [5.41, 5.74) is 6.36.